The Balaban J connectivity index is 0.00000144. The predicted molar refractivity (Wildman–Crippen MR) is 48.8 cm³/mol. The fraction of sp³-hybridized carbons (Fsp3) is 0. The largest absolute Gasteiger partial charge is 2.00 e. The van der Waals surface area contributed by atoms with E-state index < -0.39 is 13.2 Å². The molecule has 3 nitrogen and oxygen atoms in total. The molecule has 0 amide bonds. The number of rotatable bonds is 1. The van der Waals surface area contributed by atoms with Crippen molar-refractivity contribution in [1.82, 2.24) is 0 Å². The van der Waals surface area contributed by atoms with E-state index in [4.69, 9.17) is 23.2 Å². The Morgan fingerprint density at radius 2 is 1.62 bits per heavy atom. The van der Waals surface area contributed by atoms with Crippen LogP contribution in [-0.4, -0.2) is 23.1 Å². The molecule has 0 fully saturated rings. The molecule has 0 aromatic heterocycles. The van der Waals surface area contributed by atoms with Crippen LogP contribution in [0.25, 0.3) is 0 Å². The molecule has 0 N–H and O–H groups in total. The molecular weight excluding hydrogens is 246 g/mol. The molecule has 0 saturated heterocycles. The van der Waals surface area contributed by atoms with Gasteiger partial charge in [-0.2, -0.15) is 0 Å². The van der Waals surface area contributed by atoms with Gasteiger partial charge in [-0.1, -0.05) is 29.3 Å². The summed E-state index contributed by atoms with van der Waals surface area (Å²) in [5.41, 5.74) is 0. The quantitative estimate of drug-likeness (QED) is 0.477. The first kappa shape index (κ1) is 13.9. The van der Waals surface area contributed by atoms with E-state index in [1.54, 1.807) is 0 Å². The van der Waals surface area contributed by atoms with Crippen LogP contribution in [0.15, 0.2) is 18.2 Å². The predicted octanol–water partition coefficient (Wildman–Crippen LogP) is -0.919. The van der Waals surface area contributed by atoms with E-state index in [2.05, 4.69) is 0 Å². The second-order valence-corrected chi connectivity index (χ2v) is 4.33. The minimum Gasteiger partial charge on any atom is -0.683 e. The Morgan fingerprint density at radius 1 is 1.08 bits per heavy atom. The van der Waals surface area contributed by atoms with Crippen LogP contribution in [0.3, 0.4) is 0 Å². The van der Waals surface area contributed by atoms with Gasteiger partial charge in [0.15, 0.2) is 0 Å². The second-order valence-electron chi connectivity index (χ2n) is 2.07. The molecule has 0 saturated carbocycles. The molecule has 0 radical (unpaired) electrons. The SMILES string of the molecule is [Mg+2].[O-][P+]([O-])([O-])c1cccc(Cl)c1Cl. The van der Waals surface area contributed by atoms with Crippen LogP contribution in [-0.2, 0) is 0 Å². The standard InChI is InChI=1S/C6H5Cl2O3P.Mg/c7-4-2-1-3-5(6(4)8)12(9,10)11;/h1-3H,(H2,9,10,11);/q;+2/p-2. The first-order chi connectivity index (χ1) is 5.43. The van der Waals surface area contributed by atoms with Crippen molar-refractivity contribution in [1.29, 1.82) is 0 Å². The Morgan fingerprint density at radius 3 is 2.00 bits per heavy atom. The molecule has 0 aliphatic rings. The Labute approximate surface area is 102 Å². The summed E-state index contributed by atoms with van der Waals surface area (Å²) in [6.07, 6.45) is 0. The molecule has 1 rings (SSSR count). The summed E-state index contributed by atoms with van der Waals surface area (Å²) >= 11 is 11.0. The van der Waals surface area contributed by atoms with Crippen LogP contribution in [0, 0.1) is 0 Å². The van der Waals surface area contributed by atoms with Gasteiger partial charge in [0.25, 0.3) is 0 Å². The average molecular weight is 249 g/mol. The van der Waals surface area contributed by atoms with Crippen molar-refractivity contribution in [2.45, 2.75) is 0 Å². The van der Waals surface area contributed by atoms with Crippen LogP contribution in [0.2, 0.25) is 10.0 Å². The summed E-state index contributed by atoms with van der Waals surface area (Å²) in [5.74, 6) is 0. The van der Waals surface area contributed by atoms with Gasteiger partial charge in [-0.3, -0.25) is 0 Å². The van der Waals surface area contributed by atoms with Gasteiger partial charge in [-0.05, 0) is 12.1 Å². The van der Waals surface area contributed by atoms with Gasteiger partial charge >= 0.3 is 23.1 Å². The maximum Gasteiger partial charge on any atom is 2.00 e. The zero-order chi connectivity index (χ0) is 9.35. The molecule has 0 unspecified atom stereocenters. The topological polar surface area (TPSA) is 69.2 Å². The molecule has 0 aliphatic carbocycles. The Kier molecular flexibility index (Phi) is 5.44. The number of hydrogen-bond donors (Lipinski definition) is 0. The third-order valence-corrected chi connectivity index (χ3v) is 3.14. The summed E-state index contributed by atoms with van der Waals surface area (Å²) in [6.45, 7) is 0. The van der Waals surface area contributed by atoms with Gasteiger partial charge in [-0.15, -0.1) is 7.94 Å². The van der Waals surface area contributed by atoms with E-state index >= 15 is 0 Å². The summed E-state index contributed by atoms with van der Waals surface area (Å²) in [6, 6.07) is 3.88. The van der Waals surface area contributed by atoms with Crippen molar-refractivity contribution in [3.05, 3.63) is 28.2 Å². The molecule has 0 atom stereocenters. The number of benzene rings is 1. The van der Waals surface area contributed by atoms with Crippen molar-refractivity contribution >= 4 is 59.5 Å². The Bertz CT molecular complexity index is 302. The van der Waals surface area contributed by atoms with Gasteiger partial charge in [-0.25, -0.2) is 0 Å². The molecule has 66 valence electrons. The van der Waals surface area contributed by atoms with Crippen LogP contribution in [0.1, 0.15) is 0 Å². The van der Waals surface area contributed by atoms with E-state index in [0.717, 1.165) is 6.07 Å². The van der Waals surface area contributed by atoms with Crippen LogP contribution >= 0.6 is 31.1 Å². The van der Waals surface area contributed by atoms with Crippen molar-refractivity contribution in [2.75, 3.05) is 0 Å². The van der Waals surface area contributed by atoms with Crippen molar-refractivity contribution < 1.29 is 14.7 Å². The zero-order valence-electron chi connectivity index (χ0n) is 6.37. The number of hydrogen-bond acceptors (Lipinski definition) is 3. The Hall–Kier alpha value is 0.876. The molecule has 1 aromatic rings. The fourth-order valence-electron chi connectivity index (χ4n) is 0.704. The second kappa shape index (κ2) is 5.10. The molecule has 0 heterocycles. The fourth-order valence-corrected chi connectivity index (χ4v) is 2.01. The minimum absolute atomic E-state index is 0. The monoisotopic (exact) mass is 248 g/mol. The van der Waals surface area contributed by atoms with Gasteiger partial charge in [0.1, 0.15) is 5.02 Å². The van der Waals surface area contributed by atoms with Gasteiger partial charge in [0, 0.05) is 0 Å². The number of halogens is 2. The summed E-state index contributed by atoms with van der Waals surface area (Å²) < 4.78 is 0. The van der Waals surface area contributed by atoms with E-state index in [9.17, 15) is 14.7 Å². The molecule has 0 aliphatic heterocycles. The molecule has 13 heavy (non-hydrogen) atoms. The van der Waals surface area contributed by atoms with Gasteiger partial charge in [0.05, 0.1) is 10.3 Å². The smallest absolute Gasteiger partial charge is 0.683 e. The van der Waals surface area contributed by atoms with Crippen molar-refractivity contribution in [3.63, 3.8) is 0 Å². The van der Waals surface area contributed by atoms with Crippen molar-refractivity contribution in [3.8, 4) is 0 Å². The summed E-state index contributed by atoms with van der Waals surface area (Å²) in [7, 11) is -4.80. The average Bonchev–Trinajstić information content (AvgIpc) is 1.92. The summed E-state index contributed by atoms with van der Waals surface area (Å²) in [4.78, 5) is 31.6. The van der Waals surface area contributed by atoms with E-state index in [0.29, 0.717) is 0 Å². The molecule has 7 heteroatoms. The van der Waals surface area contributed by atoms with E-state index in [1.165, 1.54) is 12.1 Å². The normalized spacial score (nSPS) is 10.8. The third-order valence-electron chi connectivity index (χ3n) is 1.23. The molecule has 0 bridgehead atoms. The van der Waals surface area contributed by atoms with Gasteiger partial charge < -0.3 is 14.7 Å². The zero-order valence-corrected chi connectivity index (χ0v) is 10.2. The minimum atomic E-state index is -4.80. The molecule has 0 spiro atoms. The van der Waals surface area contributed by atoms with Gasteiger partial charge in [0.2, 0.25) is 0 Å². The summed E-state index contributed by atoms with van der Waals surface area (Å²) in [5, 5.41) is -0.620. The van der Waals surface area contributed by atoms with Crippen LogP contribution in [0.4, 0.5) is 0 Å². The molecular formula is C6H3Cl2MgO3P. The maximum absolute atomic E-state index is 10.5. The van der Waals surface area contributed by atoms with E-state index in [-0.39, 0.29) is 33.1 Å². The maximum atomic E-state index is 10.5. The first-order valence-corrected chi connectivity index (χ1v) is 5.19. The first-order valence-electron chi connectivity index (χ1n) is 2.89. The van der Waals surface area contributed by atoms with Crippen molar-refractivity contribution in [2.24, 2.45) is 0 Å². The molecule has 1 aromatic carbocycles. The third kappa shape index (κ3) is 3.49. The van der Waals surface area contributed by atoms with E-state index in [1.807, 2.05) is 0 Å². The van der Waals surface area contributed by atoms with Crippen LogP contribution < -0.4 is 20.0 Å². The van der Waals surface area contributed by atoms with Crippen LogP contribution in [0.5, 0.6) is 0 Å².